The molecule has 140 valence electrons. The van der Waals surface area contributed by atoms with E-state index in [1.54, 1.807) is 0 Å². The van der Waals surface area contributed by atoms with E-state index in [4.69, 9.17) is 21.3 Å². The molecule has 0 aliphatic carbocycles. The number of aliphatic hydroxyl groups excluding tert-OH is 2. The number of carbonyl (C=O) groups is 1. The Balaban J connectivity index is 1.72. The molecule has 0 aromatic carbocycles. The molecule has 0 bridgehead atoms. The van der Waals surface area contributed by atoms with Gasteiger partial charge in [0, 0.05) is 5.41 Å². The Morgan fingerprint density at radius 2 is 2.19 bits per heavy atom. The zero-order valence-corrected chi connectivity index (χ0v) is 14.3. The highest BCUT2D eigenvalue weighted by Crippen LogP contribution is 2.35. The standard InChI is InChI=1S/C14H18N6O5S/c15-6(14(23)24)1-2-26-3-7-9(21)10(22)13(25-7)20-5-19-8-11(16)17-4-18-12(8)20/h3-6,9-10,13,21-22H,1-2,15H2,(H,23,24)(H2,16,17,18)/b7-3-/t6-,9+,10+,13?/m0/s1. The Hall–Kier alpha value is -2.41. The third kappa shape index (κ3) is 3.44. The van der Waals surface area contributed by atoms with Crippen LogP contribution in [0.25, 0.3) is 11.2 Å². The average Bonchev–Trinajstić information content (AvgIpc) is 3.15. The lowest BCUT2D eigenvalue weighted by molar-refractivity contribution is -0.138. The highest BCUT2D eigenvalue weighted by atomic mass is 32.2. The first-order valence-electron chi connectivity index (χ1n) is 7.66. The lowest BCUT2D eigenvalue weighted by atomic mass is 10.2. The highest BCUT2D eigenvalue weighted by Gasteiger charge is 2.41. The summed E-state index contributed by atoms with van der Waals surface area (Å²) in [5, 5.41) is 30.8. The van der Waals surface area contributed by atoms with Gasteiger partial charge in [-0.25, -0.2) is 15.0 Å². The van der Waals surface area contributed by atoms with Gasteiger partial charge < -0.3 is 31.5 Å². The van der Waals surface area contributed by atoms with Gasteiger partial charge in [0.15, 0.2) is 11.5 Å². The third-order valence-corrected chi connectivity index (χ3v) is 4.76. The quantitative estimate of drug-likeness (QED) is 0.388. The molecular weight excluding hydrogens is 364 g/mol. The van der Waals surface area contributed by atoms with Crippen LogP contribution in [0.3, 0.4) is 0 Å². The molecule has 0 radical (unpaired) electrons. The minimum absolute atomic E-state index is 0.167. The molecule has 0 amide bonds. The van der Waals surface area contributed by atoms with E-state index in [0.717, 1.165) is 0 Å². The van der Waals surface area contributed by atoms with Crippen LogP contribution in [0.4, 0.5) is 5.82 Å². The topological polar surface area (TPSA) is 183 Å². The van der Waals surface area contributed by atoms with Crippen molar-refractivity contribution in [2.45, 2.75) is 30.9 Å². The molecule has 4 atom stereocenters. The van der Waals surface area contributed by atoms with Gasteiger partial charge in [-0.15, -0.1) is 11.8 Å². The molecule has 12 heteroatoms. The number of anilines is 1. The number of carboxylic acids is 1. The fraction of sp³-hybridized carbons (Fsp3) is 0.429. The van der Waals surface area contributed by atoms with E-state index in [1.165, 1.54) is 34.4 Å². The van der Waals surface area contributed by atoms with Crippen molar-refractivity contribution in [1.82, 2.24) is 19.5 Å². The predicted molar refractivity (Wildman–Crippen MR) is 92.6 cm³/mol. The van der Waals surface area contributed by atoms with E-state index in [1.807, 2.05) is 0 Å². The second-order valence-corrected chi connectivity index (χ2v) is 6.63. The number of thioether (sulfide) groups is 1. The highest BCUT2D eigenvalue weighted by molar-refractivity contribution is 8.02. The Kier molecular flexibility index (Phi) is 5.27. The molecule has 2 aromatic rings. The zero-order chi connectivity index (χ0) is 18.8. The lowest BCUT2D eigenvalue weighted by Gasteiger charge is -2.15. The van der Waals surface area contributed by atoms with Crippen LogP contribution in [0.2, 0.25) is 0 Å². The van der Waals surface area contributed by atoms with Crippen molar-refractivity contribution >= 4 is 34.7 Å². The maximum Gasteiger partial charge on any atom is 0.320 e. The number of hydrogen-bond donors (Lipinski definition) is 5. The number of nitrogen functional groups attached to an aromatic ring is 1. The van der Waals surface area contributed by atoms with Crippen molar-refractivity contribution in [2.24, 2.45) is 5.73 Å². The number of imidazole rings is 1. The van der Waals surface area contributed by atoms with Gasteiger partial charge in [0.05, 0.1) is 0 Å². The van der Waals surface area contributed by atoms with Gasteiger partial charge in [0.1, 0.15) is 42.2 Å². The van der Waals surface area contributed by atoms with E-state index < -0.39 is 30.4 Å². The number of nitrogens with zero attached hydrogens (tertiary/aromatic N) is 4. The molecule has 0 spiro atoms. The Bertz CT molecular complexity index is 842. The summed E-state index contributed by atoms with van der Waals surface area (Å²) < 4.78 is 7.11. The van der Waals surface area contributed by atoms with Crippen molar-refractivity contribution in [3.05, 3.63) is 23.8 Å². The minimum atomic E-state index is -1.24. The predicted octanol–water partition coefficient (Wildman–Crippen LogP) is -0.964. The molecule has 3 rings (SSSR count). The summed E-state index contributed by atoms with van der Waals surface area (Å²) in [4.78, 5) is 22.7. The molecule has 1 fully saturated rings. The summed E-state index contributed by atoms with van der Waals surface area (Å²) in [6.45, 7) is 0. The number of aliphatic hydroxyl groups is 2. The Morgan fingerprint density at radius 1 is 1.42 bits per heavy atom. The van der Waals surface area contributed by atoms with Crippen LogP contribution in [0.5, 0.6) is 0 Å². The fourth-order valence-corrected chi connectivity index (χ4v) is 3.30. The monoisotopic (exact) mass is 382 g/mol. The summed E-state index contributed by atoms with van der Waals surface area (Å²) in [7, 11) is 0. The van der Waals surface area contributed by atoms with Crippen molar-refractivity contribution in [2.75, 3.05) is 11.5 Å². The van der Waals surface area contributed by atoms with Crippen molar-refractivity contribution in [3.8, 4) is 0 Å². The number of aromatic nitrogens is 4. The number of carboxylic acid groups (broad SMARTS) is 1. The Labute approximate surface area is 151 Å². The zero-order valence-electron chi connectivity index (χ0n) is 13.5. The molecule has 0 saturated carbocycles. The van der Waals surface area contributed by atoms with Crippen molar-refractivity contribution < 1.29 is 24.9 Å². The van der Waals surface area contributed by atoms with Crippen LogP contribution in [0, 0.1) is 0 Å². The first-order chi connectivity index (χ1) is 12.4. The van der Waals surface area contributed by atoms with E-state index in [-0.39, 0.29) is 18.0 Å². The van der Waals surface area contributed by atoms with E-state index in [9.17, 15) is 15.0 Å². The summed E-state index contributed by atoms with van der Waals surface area (Å²) in [6.07, 6.45) is -0.482. The van der Waals surface area contributed by atoms with Gasteiger partial charge >= 0.3 is 5.97 Å². The van der Waals surface area contributed by atoms with Crippen LogP contribution in [0.1, 0.15) is 12.6 Å². The van der Waals surface area contributed by atoms with Gasteiger partial charge in [-0.05, 0) is 12.2 Å². The number of fused-ring (bicyclic) bond motifs is 1. The second-order valence-electron chi connectivity index (χ2n) is 5.65. The summed E-state index contributed by atoms with van der Waals surface area (Å²) in [5.41, 5.74) is 11.9. The van der Waals surface area contributed by atoms with Crippen LogP contribution in [-0.4, -0.2) is 64.8 Å². The van der Waals surface area contributed by atoms with Crippen molar-refractivity contribution in [3.63, 3.8) is 0 Å². The molecule has 26 heavy (non-hydrogen) atoms. The second kappa shape index (κ2) is 7.45. The summed E-state index contributed by atoms with van der Waals surface area (Å²) in [5.74, 6) is -0.284. The van der Waals surface area contributed by atoms with E-state index in [2.05, 4.69) is 15.0 Å². The van der Waals surface area contributed by atoms with Gasteiger partial charge in [-0.1, -0.05) is 0 Å². The van der Waals surface area contributed by atoms with E-state index in [0.29, 0.717) is 16.9 Å². The van der Waals surface area contributed by atoms with Crippen LogP contribution < -0.4 is 11.5 Å². The molecule has 1 aliphatic heterocycles. The Morgan fingerprint density at radius 3 is 2.92 bits per heavy atom. The molecule has 7 N–H and O–H groups in total. The minimum Gasteiger partial charge on any atom is -0.480 e. The number of hydrogen-bond acceptors (Lipinski definition) is 10. The lowest BCUT2D eigenvalue weighted by Crippen LogP contribution is -2.30. The van der Waals surface area contributed by atoms with E-state index >= 15 is 0 Å². The molecule has 3 heterocycles. The van der Waals surface area contributed by atoms with Gasteiger partial charge in [0.25, 0.3) is 0 Å². The van der Waals surface area contributed by atoms with Gasteiger partial charge in [-0.3, -0.25) is 9.36 Å². The van der Waals surface area contributed by atoms with Crippen molar-refractivity contribution in [1.29, 1.82) is 0 Å². The normalized spacial score (nSPS) is 25.5. The molecule has 2 aromatic heterocycles. The number of ether oxygens (including phenoxy) is 1. The smallest absolute Gasteiger partial charge is 0.320 e. The largest absolute Gasteiger partial charge is 0.480 e. The number of aliphatic carboxylic acids is 1. The molecule has 1 aliphatic rings. The third-order valence-electron chi connectivity index (χ3n) is 3.89. The number of nitrogens with two attached hydrogens (primary N) is 2. The van der Waals surface area contributed by atoms with Gasteiger partial charge in [-0.2, -0.15) is 0 Å². The maximum absolute atomic E-state index is 10.7. The average molecular weight is 382 g/mol. The summed E-state index contributed by atoms with van der Waals surface area (Å²) >= 11 is 1.24. The molecular formula is C14H18N6O5S. The van der Waals surface area contributed by atoms with Crippen LogP contribution in [0.15, 0.2) is 23.8 Å². The molecule has 1 saturated heterocycles. The first-order valence-corrected chi connectivity index (χ1v) is 8.71. The van der Waals surface area contributed by atoms with Crippen LogP contribution >= 0.6 is 11.8 Å². The SMILES string of the molecule is Nc1ncnc2c1ncn2C1O/C(=C\SCC[C@H](N)C(=O)O)[C@@H](O)[C@H]1O. The molecule has 11 nitrogen and oxygen atoms in total. The first kappa shape index (κ1) is 18.4. The van der Waals surface area contributed by atoms with Gasteiger partial charge in [0.2, 0.25) is 6.23 Å². The summed E-state index contributed by atoms with van der Waals surface area (Å²) in [6, 6.07) is -0.948. The van der Waals surface area contributed by atoms with Crippen LogP contribution in [-0.2, 0) is 9.53 Å². The number of rotatable bonds is 6. The maximum atomic E-state index is 10.7. The molecule has 1 unspecified atom stereocenters. The fourth-order valence-electron chi connectivity index (χ4n) is 2.44.